The average Bonchev–Trinajstić information content (AvgIpc) is 3.22. The van der Waals surface area contributed by atoms with Crippen LogP contribution < -0.4 is 0 Å². The van der Waals surface area contributed by atoms with Gasteiger partial charge in [0.1, 0.15) is 0 Å². The predicted molar refractivity (Wildman–Crippen MR) is 279 cm³/mol. The molecule has 0 N–H and O–H groups in total. The molecule has 6 aromatic rings. The molecule has 6 rings (SSSR count). The van der Waals surface area contributed by atoms with Gasteiger partial charge in [-0.05, 0) is 136 Å². The van der Waals surface area contributed by atoms with Gasteiger partial charge in [-0.2, -0.15) is 9.79 Å². The second kappa shape index (κ2) is 22.4. The molecule has 0 amide bonds. The van der Waals surface area contributed by atoms with Gasteiger partial charge in [-0.15, -0.1) is 0 Å². The van der Waals surface area contributed by atoms with E-state index in [1.54, 1.807) is 0 Å². The SMILES string of the molecule is CC(C)c1cccc(C(C)C)c1-c1cccc(-c2c(C(C)C)cccc2C(C)C)c1[S-].CC(C)c1cccc(C(C)C)c1-c1cccc(-c2c(C(C)C)cccc2C(C)C)c1[S-].[Ni+2]. The topological polar surface area (TPSA) is 0 Å². The maximum Gasteiger partial charge on any atom is 2.00 e. The third-order valence-electron chi connectivity index (χ3n) is 12.6. The molecule has 0 saturated heterocycles. The van der Waals surface area contributed by atoms with Crippen LogP contribution in [0.1, 0.15) is 203 Å². The first-order chi connectivity index (χ1) is 29.3. The average molecular weight is 918 g/mol. The van der Waals surface area contributed by atoms with E-state index in [-0.39, 0.29) is 16.5 Å². The Hall–Kier alpha value is -3.75. The van der Waals surface area contributed by atoms with Gasteiger partial charge in [0.15, 0.2) is 0 Å². The molecule has 0 nitrogen and oxygen atoms in total. The molecule has 0 radical (unpaired) electrons. The molecule has 0 spiro atoms. The third-order valence-corrected chi connectivity index (χ3v) is 13.5. The molecule has 63 heavy (non-hydrogen) atoms. The molecule has 0 aromatic heterocycles. The van der Waals surface area contributed by atoms with Crippen molar-refractivity contribution in [2.75, 3.05) is 0 Å². The van der Waals surface area contributed by atoms with E-state index in [1.807, 2.05) is 0 Å². The molecule has 0 saturated carbocycles. The van der Waals surface area contributed by atoms with Crippen molar-refractivity contribution in [3.8, 4) is 44.5 Å². The van der Waals surface area contributed by atoms with Crippen molar-refractivity contribution in [1.29, 1.82) is 0 Å². The van der Waals surface area contributed by atoms with Gasteiger partial charge in [0.2, 0.25) is 0 Å². The molecular formula is C60H74NiS2. The Bertz CT molecular complexity index is 2020. The van der Waals surface area contributed by atoms with Crippen LogP contribution in [0, 0.1) is 0 Å². The maximum atomic E-state index is 6.24. The number of rotatable bonds is 12. The van der Waals surface area contributed by atoms with Crippen molar-refractivity contribution in [1.82, 2.24) is 0 Å². The number of hydrogen-bond acceptors (Lipinski definition) is 2. The molecule has 0 aliphatic heterocycles. The molecule has 0 atom stereocenters. The Labute approximate surface area is 405 Å². The molecule has 336 valence electrons. The fourth-order valence-electron chi connectivity index (χ4n) is 9.31. The van der Waals surface area contributed by atoms with Crippen molar-refractivity contribution in [2.45, 2.75) is 168 Å². The van der Waals surface area contributed by atoms with Crippen LogP contribution in [0.25, 0.3) is 44.5 Å². The first-order valence-corrected chi connectivity index (χ1v) is 24.2. The molecule has 0 bridgehead atoms. The van der Waals surface area contributed by atoms with Crippen molar-refractivity contribution in [3.05, 3.63) is 154 Å². The number of benzene rings is 6. The van der Waals surface area contributed by atoms with Gasteiger partial charge in [-0.3, -0.25) is 0 Å². The van der Waals surface area contributed by atoms with Crippen LogP contribution in [0.15, 0.2) is 119 Å². The summed E-state index contributed by atoms with van der Waals surface area (Å²) in [5, 5.41) is 0. The Balaban J connectivity index is 0.000000272. The van der Waals surface area contributed by atoms with E-state index in [2.05, 4.69) is 220 Å². The molecule has 6 aromatic carbocycles. The summed E-state index contributed by atoms with van der Waals surface area (Å²) in [7, 11) is 0. The third kappa shape index (κ3) is 11.2. The van der Waals surface area contributed by atoms with Crippen LogP contribution >= 0.6 is 0 Å². The minimum Gasteiger partial charge on any atom is -0.779 e. The predicted octanol–water partition coefficient (Wildman–Crippen LogP) is 18.8. The second-order valence-corrected chi connectivity index (χ2v) is 20.7. The van der Waals surface area contributed by atoms with E-state index in [9.17, 15) is 0 Å². The van der Waals surface area contributed by atoms with Gasteiger partial charge >= 0.3 is 16.5 Å². The van der Waals surface area contributed by atoms with Gasteiger partial charge in [0.05, 0.1) is 0 Å². The summed E-state index contributed by atoms with van der Waals surface area (Å²) in [5.41, 5.74) is 21.3. The number of hydrogen-bond donors (Lipinski definition) is 0. The summed E-state index contributed by atoms with van der Waals surface area (Å²) >= 11 is 12.5. The quantitative estimate of drug-likeness (QED) is 0.0886. The van der Waals surface area contributed by atoms with Crippen LogP contribution in [0.4, 0.5) is 0 Å². The van der Waals surface area contributed by atoms with Gasteiger partial charge in [0.25, 0.3) is 0 Å². The molecule has 0 heterocycles. The Morgan fingerprint density at radius 3 is 0.492 bits per heavy atom. The van der Waals surface area contributed by atoms with Crippen LogP contribution in [0.2, 0.25) is 0 Å². The first kappa shape index (κ1) is 51.9. The van der Waals surface area contributed by atoms with Crippen LogP contribution in [0.5, 0.6) is 0 Å². The molecule has 3 heteroatoms. The summed E-state index contributed by atoms with van der Waals surface area (Å²) in [6.45, 7) is 36.5. The minimum atomic E-state index is 0. The summed E-state index contributed by atoms with van der Waals surface area (Å²) in [5.74, 6) is 3.56. The van der Waals surface area contributed by atoms with Crippen molar-refractivity contribution >= 4 is 25.3 Å². The van der Waals surface area contributed by atoms with Gasteiger partial charge < -0.3 is 25.3 Å². The van der Waals surface area contributed by atoms with Gasteiger partial charge in [-0.1, -0.05) is 220 Å². The van der Waals surface area contributed by atoms with Gasteiger partial charge in [0, 0.05) is 0 Å². The maximum absolute atomic E-state index is 6.24. The first-order valence-electron chi connectivity index (χ1n) is 23.4. The van der Waals surface area contributed by atoms with E-state index >= 15 is 0 Å². The van der Waals surface area contributed by atoms with E-state index in [0.717, 1.165) is 9.79 Å². The summed E-state index contributed by atoms with van der Waals surface area (Å²) in [4.78, 5) is 1.96. The summed E-state index contributed by atoms with van der Waals surface area (Å²) < 4.78 is 0. The Morgan fingerprint density at radius 1 is 0.238 bits per heavy atom. The fraction of sp³-hybridized carbons (Fsp3) is 0.400. The van der Waals surface area contributed by atoms with E-state index in [1.165, 1.54) is 89.0 Å². The molecular weight excluding hydrogens is 843 g/mol. The zero-order valence-electron chi connectivity index (χ0n) is 41.1. The zero-order chi connectivity index (χ0) is 45.7. The molecule has 0 aliphatic carbocycles. The standard InChI is InChI=1S/2C30H38S.Ni/c2*1-18(2)22-12-9-13-23(19(3)4)28(22)26-16-11-17-27(30(26)31)29-24(20(5)6)14-10-15-25(29)21(7)8;/h2*9-21,31H,1-8H3;/q;;+2/p-2. The van der Waals surface area contributed by atoms with E-state index < -0.39 is 0 Å². The van der Waals surface area contributed by atoms with E-state index in [4.69, 9.17) is 25.3 Å². The summed E-state index contributed by atoms with van der Waals surface area (Å²) in [6, 6.07) is 40.3. The normalized spacial score (nSPS) is 11.7. The summed E-state index contributed by atoms with van der Waals surface area (Å²) in [6.07, 6.45) is 0. The minimum absolute atomic E-state index is 0. The zero-order valence-corrected chi connectivity index (χ0v) is 43.8. The van der Waals surface area contributed by atoms with E-state index in [0.29, 0.717) is 47.3 Å². The Morgan fingerprint density at radius 2 is 0.365 bits per heavy atom. The van der Waals surface area contributed by atoms with Crippen molar-refractivity contribution in [2.24, 2.45) is 0 Å². The van der Waals surface area contributed by atoms with Gasteiger partial charge in [-0.25, -0.2) is 0 Å². The molecule has 0 fully saturated rings. The smallest absolute Gasteiger partial charge is 0.779 e. The molecule has 0 aliphatic rings. The fourth-order valence-corrected chi connectivity index (χ4v) is 9.99. The largest absolute Gasteiger partial charge is 2.00 e. The monoisotopic (exact) mass is 916 g/mol. The van der Waals surface area contributed by atoms with Crippen LogP contribution in [-0.4, -0.2) is 0 Å². The Kier molecular flexibility index (Phi) is 18.5. The van der Waals surface area contributed by atoms with Crippen LogP contribution in [-0.2, 0) is 41.7 Å². The van der Waals surface area contributed by atoms with Crippen LogP contribution in [0.3, 0.4) is 0 Å². The van der Waals surface area contributed by atoms with Crippen molar-refractivity contribution < 1.29 is 16.5 Å². The molecule has 0 unspecified atom stereocenters. The van der Waals surface area contributed by atoms with Crippen molar-refractivity contribution in [3.63, 3.8) is 0 Å². The second-order valence-electron chi connectivity index (χ2n) is 19.8.